The number of carbonyl (C=O) groups is 1. The molecule has 0 radical (unpaired) electrons. The number of nitrogens with zero attached hydrogens (tertiary/aromatic N) is 3. The number of hydrogen-bond donors (Lipinski definition) is 2. The Balaban J connectivity index is 1.37. The van der Waals surface area contributed by atoms with E-state index in [1.165, 1.54) is 10.4 Å². The summed E-state index contributed by atoms with van der Waals surface area (Å²) in [4.78, 5) is 13.4. The summed E-state index contributed by atoms with van der Waals surface area (Å²) in [5, 5.41) is 1.96. The van der Waals surface area contributed by atoms with E-state index in [0.29, 0.717) is 35.7 Å². The van der Waals surface area contributed by atoms with Crippen molar-refractivity contribution in [1.29, 1.82) is 0 Å². The molecule has 0 atom stereocenters. The zero-order valence-electron chi connectivity index (χ0n) is 38.3. The van der Waals surface area contributed by atoms with Crippen LogP contribution in [0.1, 0.15) is 105 Å². The van der Waals surface area contributed by atoms with E-state index in [4.69, 9.17) is 0 Å². The number of ketones is 1. The van der Waals surface area contributed by atoms with Crippen LogP contribution in [0.15, 0.2) is 105 Å². The van der Waals surface area contributed by atoms with Gasteiger partial charge in [-0.05, 0) is 79.4 Å². The molecular formula is C49H62N3O9S3+. The number of hydrogen-bond acceptors (Lipinski definition) is 8. The van der Waals surface area contributed by atoms with Crippen LogP contribution < -0.4 is 4.90 Å². The second-order valence-corrected chi connectivity index (χ2v) is 23.1. The van der Waals surface area contributed by atoms with Crippen LogP contribution in [-0.2, 0) is 45.9 Å². The van der Waals surface area contributed by atoms with Gasteiger partial charge in [-0.1, -0.05) is 90.8 Å². The van der Waals surface area contributed by atoms with Gasteiger partial charge < -0.3 is 4.90 Å². The van der Waals surface area contributed by atoms with Crippen LogP contribution in [0.2, 0.25) is 0 Å². The maximum Gasteiger partial charge on any atom is 0.295 e. The minimum Gasteiger partial charge on any atom is -0.344 e. The van der Waals surface area contributed by atoms with Gasteiger partial charge in [0.1, 0.15) is 17.2 Å². The quantitative estimate of drug-likeness (QED) is 0.0556. The van der Waals surface area contributed by atoms with E-state index < -0.39 is 50.9 Å². The molecule has 0 fully saturated rings. The Hall–Kier alpha value is -4.51. The van der Waals surface area contributed by atoms with E-state index in [9.17, 15) is 39.2 Å². The molecule has 4 aromatic carbocycles. The number of unbranched alkanes of at least 4 members (excludes halogenated alkanes) is 2. The largest absolute Gasteiger partial charge is 0.344 e. The summed E-state index contributed by atoms with van der Waals surface area (Å²) in [7, 11) is -12.0. The zero-order chi connectivity index (χ0) is 47.2. The molecule has 2 aliphatic rings. The smallest absolute Gasteiger partial charge is 0.295 e. The molecule has 0 aromatic heterocycles. The van der Waals surface area contributed by atoms with Crippen LogP contribution >= 0.6 is 0 Å². The summed E-state index contributed by atoms with van der Waals surface area (Å²) >= 11 is 0. The lowest BCUT2D eigenvalue weighted by atomic mass is 9.79. The minimum atomic E-state index is -4.86. The van der Waals surface area contributed by atoms with Gasteiger partial charge in [-0.2, -0.15) is 21.4 Å². The highest BCUT2D eigenvalue weighted by molar-refractivity contribution is 7.89. The standard InChI is InChI=1S/C49H61N3O9S3/c1-10-12-29-51-39-26-24-35-37(19-17-21-42(35)62(54,55)50(9)28-18-20-41(53)33(3)4)46(39)48(5,6)44(51)22-15-14-16-23-45-49(7,8)47-38-31-34(63(56,57)58)32-43(64(59,60)61)36(38)25-27-40(47)52(45)30-13-11-2/h14-17,19,21-27,31-33H,10-13,18,20,28-30H2,1-9H3,(H-,56,57,58,59,60,61)/p+1. The third-order valence-electron chi connectivity index (χ3n) is 12.7. The van der Waals surface area contributed by atoms with E-state index in [0.717, 1.165) is 72.0 Å². The Labute approximate surface area is 379 Å². The van der Waals surface area contributed by atoms with Crippen molar-refractivity contribution in [3.63, 3.8) is 0 Å². The average molecular weight is 933 g/mol. The first kappa shape index (κ1) is 48.9. The Bertz CT molecular complexity index is 2980. The van der Waals surface area contributed by atoms with Gasteiger partial charge in [-0.3, -0.25) is 13.9 Å². The third kappa shape index (κ3) is 9.16. The number of anilines is 1. The van der Waals surface area contributed by atoms with Crippen molar-refractivity contribution >= 4 is 74.7 Å². The molecule has 0 unspecified atom stereocenters. The van der Waals surface area contributed by atoms with Crippen LogP contribution in [0.5, 0.6) is 0 Å². The number of sulfonamides is 1. The highest BCUT2D eigenvalue weighted by atomic mass is 32.2. The number of rotatable bonds is 18. The molecule has 15 heteroatoms. The molecule has 2 heterocycles. The molecule has 0 amide bonds. The van der Waals surface area contributed by atoms with Crippen molar-refractivity contribution in [2.75, 3.05) is 31.6 Å². The average Bonchev–Trinajstić information content (AvgIpc) is 3.58. The Morgan fingerprint density at radius 3 is 2.08 bits per heavy atom. The van der Waals surface area contributed by atoms with Crippen molar-refractivity contribution in [2.24, 2.45) is 5.92 Å². The van der Waals surface area contributed by atoms with E-state index in [1.807, 2.05) is 70.2 Å². The van der Waals surface area contributed by atoms with Crippen molar-refractivity contribution < 1.29 is 43.7 Å². The lowest BCUT2D eigenvalue weighted by molar-refractivity contribution is -0.438. The molecule has 0 saturated carbocycles. The van der Waals surface area contributed by atoms with E-state index >= 15 is 0 Å². The number of benzene rings is 4. The van der Waals surface area contributed by atoms with Crippen LogP contribution in [0, 0.1) is 5.92 Å². The molecule has 0 spiro atoms. The molecule has 2 N–H and O–H groups in total. The van der Waals surface area contributed by atoms with Crippen LogP contribution in [0.25, 0.3) is 21.5 Å². The fraction of sp³-hybridized carbons (Fsp3) is 0.429. The molecule has 6 rings (SSSR count). The minimum absolute atomic E-state index is 0.0932. The maximum absolute atomic E-state index is 14.1. The predicted molar refractivity (Wildman–Crippen MR) is 256 cm³/mol. The number of fused-ring (bicyclic) bond motifs is 6. The van der Waals surface area contributed by atoms with Gasteiger partial charge in [-0.15, -0.1) is 0 Å². The third-order valence-corrected chi connectivity index (χ3v) is 16.4. The van der Waals surface area contributed by atoms with Gasteiger partial charge in [0, 0.05) is 84.2 Å². The van der Waals surface area contributed by atoms with Crippen LogP contribution in [0.3, 0.4) is 0 Å². The molecule has 0 bridgehead atoms. The molecule has 344 valence electrons. The fourth-order valence-corrected chi connectivity index (χ4v) is 12.1. The van der Waals surface area contributed by atoms with Gasteiger partial charge in [0.05, 0.1) is 15.2 Å². The second-order valence-electron chi connectivity index (χ2n) is 18.2. The number of Topliss-reactive ketones (excluding diaryl/α,β-unsaturated/α-hetero) is 1. The van der Waals surface area contributed by atoms with E-state index in [-0.39, 0.29) is 28.5 Å². The van der Waals surface area contributed by atoms with Gasteiger partial charge in [0.15, 0.2) is 5.71 Å². The van der Waals surface area contributed by atoms with Gasteiger partial charge >= 0.3 is 0 Å². The lowest BCUT2D eigenvalue weighted by Gasteiger charge is -2.27. The molecule has 4 aromatic rings. The van der Waals surface area contributed by atoms with Crippen LogP contribution in [-0.4, -0.2) is 81.4 Å². The predicted octanol–water partition coefficient (Wildman–Crippen LogP) is 9.88. The Kier molecular flexibility index (Phi) is 14.1. The lowest BCUT2D eigenvalue weighted by Crippen LogP contribution is -2.29. The Morgan fingerprint density at radius 2 is 1.44 bits per heavy atom. The van der Waals surface area contributed by atoms with E-state index in [2.05, 4.69) is 43.2 Å². The summed E-state index contributed by atoms with van der Waals surface area (Å²) in [6.07, 6.45) is 14.5. The molecule has 0 aliphatic carbocycles. The van der Waals surface area contributed by atoms with Crippen molar-refractivity contribution in [3.8, 4) is 0 Å². The first-order chi connectivity index (χ1) is 29.9. The maximum atomic E-state index is 14.1. The van der Waals surface area contributed by atoms with Crippen molar-refractivity contribution in [2.45, 2.75) is 119 Å². The first-order valence-electron chi connectivity index (χ1n) is 22.0. The number of carbonyl (C=O) groups excluding carboxylic acids is 1. The van der Waals surface area contributed by atoms with E-state index in [1.54, 1.807) is 31.3 Å². The monoisotopic (exact) mass is 932 g/mol. The molecule has 2 aliphatic heterocycles. The molecule has 64 heavy (non-hydrogen) atoms. The molecular weight excluding hydrogens is 871 g/mol. The van der Waals surface area contributed by atoms with Crippen molar-refractivity contribution in [3.05, 3.63) is 102 Å². The van der Waals surface area contributed by atoms with Crippen molar-refractivity contribution in [1.82, 2.24) is 4.31 Å². The fourth-order valence-electron chi connectivity index (χ4n) is 9.34. The summed E-state index contributed by atoms with van der Waals surface area (Å²) < 4.78 is 102. The van der Waals surface area contributed by atoms with Crippen LogP contribution in [0.4, 0.5) is 11.4 Å². The number of allylic oxidation sites excluding steroid dienone is 6. The second kappa shape index (κ2) is 18.4. The Morgan fingerprint density at radius 1 is 0.766 bits per heavy atom. The van der Waals surface area contributed by atoms with Gasteiger partial charge in [0.25, 0.3) is 20.2 Å². The van der Waals surface area contributed by atoms with Gasteiger partial charge in [0.2, 0.25) is 15.7 Å². The highest BCUT2D eigenvalue weighted by Gasteiger charge is 2.46. The SMILES string of the molecule is CCCCN1/C(=C/C=C/C=C/C2=[N+](CCCC)c3ccc4c(S(=O)(=O)N(C)CCCC(=O)C(C)C)cccc4c3C2(C)C)C(C)(C)c2c1ccc1c(S(=O)(=O)O)cc(S(=O)(=O)O)cc21. The zero-order valence-corrected chi connectivity index (χ0v) is 40.8. The van der Waals surface area contributed by atoms with Gasteiger partial charge in [-0.25, -0.2) is 12.7 Å². The molecule has 0 saturated heterocycles. The summed E-state index contributed by atoms with van der Waals surface area (Å²) in [6.45, 7) is 17.9. The molecule has 12 nitrogen and oxygen atoms in total. The summed E-state index contributed by atoms with van der Waals surface area (Å²) in [5.74, 6) is 0.0215. The first-order valence-corrected chi connectivity index (χ1v) is 26.3. The highest BCUT2D eigenvalue weighted by Crippen LogP contribution is 2.52. The summed E-state index contributed by atoms with van der Waals surface area (Å²) in [6, 6.07) is 14.8. The summed E-state index contributed by atoms with van der Waals surface area (Å²) in [5.41, 5.74) is 4.22. The normalized spacial score (nSPS) is 17.1. The topological polar surface area (TPSA) is 169 Å².